The summed E-state index contributed by atoms with van der Waals surface area (Å²) in [6, 6.07) is 0. The lowest BCUT2D eigenvalue weighted by Gasteiger charge is -2.59. The second-order valence-corrected chi connectivity index (χ2v) is 11.0. The minimum Gasteiger partial charge on any atom is -0.481 e. The van der Waals surface area contributed by atoms with Crippen molar-refractivity contribution >= 4 is 17.5 Å². The molecule has 4 rings (SSSR count). The van der Waals surface area contributed by atoms with Crippen LogP contribution in [0.4, 0.5) is 0 Å². The Morgan fingerprint density at radius 1 is 1.14 bits per heavy atom. The Hall–Kier alpha value is -1.23. The van der Waals surface area contributed by atoms with Gasteiger partial charge in [-0.2, -0.15) is 0 Å². The normalized spacial score (nSPS) is 47.9. The SMILES string of the molecule is C[C@H](CCC(=O)O)[C@H]1CC[C@H]2[C@@H]3C(=O)C[C@@H]4C[C@@H](O)CC[C@]4(C)[C@H]3CC(=O)[C@]12C. The first-order valence-corrected chi connectivity index (χ1v) is 11.5. The van der Waals surface area contributed by atoms with Gasteiger partial charge in [-0.05, 0) is 73.5 Å². The van der Waals surface area contributed by atoms with E-state index in [2.05, 4.69) is 20.8 Å². The number of fused-ring (bicyclic) bond motifs is 5. The second kappa shape index (κ2) is 7.18. The van der Waals surface area contributed by atoms with Crippen molar-refractivity contribution in [2.45, 2.75) is 84.7 Å². The lowest BCUT2D eigenvalue weighted by Crippen LogP contribution is -2.60. The summed E-state index contributed by atoms with van der Waals surface area (Å²) in [5.74, 6) is 0.550. The van der Waals surface area contributed by atoms with Crippen molar-refractivity contribution in [3.8, 4) is 0 Å². The highest BCUT2D eigenvalue weighted by Gasteiger charge is 2.66. The van der Waals surface area contributed by atoms with E-state index in [1.54, 1.807) is 0 Å². The zero-order valence-electron chi connectivity index (χ0n) is 18.0. The Bertz CT molecular complexity index is 716. The summed E-state index contributed by atoms with van der Waals surface area (Å²) in [6.07, 6.45) is 5.64. The van der Waals surface area contributed by atoms with Crippen LogP contribution < -0.4 is 0 Å². The third kappa shape index (κ3) is 3.10. The predicted octanol–water partition coefficient (Wildman–Crippen LogP) is 3.87. The number of hydrogen-bond donors (Lipinski definition) is 2. The number of hydrogen-bond acceptors (Lipinski definition) is 4. The summed E-state index contributed by atoms with van der Waals surface area (Å²) >= 11 is 0. The monoisotopic (exact) mass is 404 g/mol. The van der Waals surface area contributed by atoms with Gasteiger partial charge in [0.05, 0.1) is 6.10 Å². The van der Waals surface area contributed by atoms with Crippen LogP contribution in [0, 0.1) is 46.3 Å². The molecule has 162 valence electrons. The standard InChI is InChI=1S/C24H36O5/c1-13(4-7-21(28)29)16-5-6-17-22-18(12-20(27)24(16,17)3)23(2)9-8-15(25)10-14(23)11-19(22)26/h13-18,22,25H,4-12H2,1-3H3,(H,28,29)/t13-,14+,15+,16-,17+,18+,22+,23+,24-/m1/s1. The maximum Gasteiger partial charge on any atom is 0.303 e. The quantitative estimate of drug-likeness (QED) is 0.742. The Balaban J connectivity index is 1.62. The summed E-state index contributed by atoms with van der Waals surface area (Å²) in [5.41, 5.74) is -0.520. The van der Waals surface area contributed by atoms with Crippen molar-refractivity contribution in [2.75, 3.05) is 0 Å². The number of aliphatic hydroxyl groups is 1. The number of aliphatic carboxylic acids is 1. The number of aliphatic hydroxyl groups excluding tert-OH is 1. The van der Waals surface area contributed by atoms with Gasteiger partial charge in [0.1, 0.15) is 11.6 Å². The largest absolute Gasteiger partial charge is 0.481 e. The number of carboxylic acids is 1. The molecule has 5 nitrogen and oxygen atoms in total. The van der Waals surface area contributed by atoms with E-state index >= 15 is 0 Å². The van der Waals surface area contributed by atoms with Gasteiger partial charge < -0.3 is 10.2 Å². The smallest absolute Gasteiger partial charge is 0.303 e. The van der Waals surface area contributed by atoms with E-state index in [1.807, 2.05) is 0 Å². The first-order valence-electron chi connectivity index (χ1n) is 11.5. The molecule has 4 aliphatic rings. The number of Topliss-reactive ketones (excluding diaryl/α,β-unsaturated/α-hetero) is 2. The van der Waals surface area contributed by atoms with Crippen molar-refractivity contribution in [2.24, 2.45) is 46.3 Å². The van der Waals surface area contributed by atoms with Gasteiger partial charge in [0.2, 0.25) is 0 Å². The maximum absolute atomic E-state index is 13.6. The predicted molar refractivity (Wildman–Crippen MR) is 108 cm³/mol. The van der Waals surface area contributed by atoms with E-state index in [-0.39, 0.29) is 53.4 Å². The molecular formula is C24H36O5. The lowest BCUT2D eigenvalue weighted by molar-refractivity contribution is -0.168. The van der Waals surface area contributed by atoms with Crippen LogP contribution in [0.15, 0.2) is 0 Å². The van der Waals surface area contributed by atoms with E-state index in [4.69, 9.17) is 5.11 Å². The minimum atomic E-state index is -0.785. The van der Waals surface area contributed by atoms with Crippen LogP contribution in [-0.4, -0.2) is 33.9 Å². The Morgan fingerprint density at radius 2 is 1.86 bits per heavy atom. The first-order chi connectivity index (χ1) is 13.6. The summed E-state index contributed by atoms with van der Waals surface area (Å²) in [4.78, 5) is 38.0. The Kier molecular flexibility index (Phi) is 5.20. The molecule has 0 aromatic carbocycles. The topological polar surface area (TPSA) is 91.7 Å². The molecule has 4 saturated carbocycles. The van der Waals surface area contributed by atoms with E-state index in [0.717, 1.165) is 25.7 Å². The van der Waals surface area contributed by atoms with Crippen LogP contribution in [0.2, 0.25) is 0 Å². The van der Waals surface area contributed by atoms with Crippen molar-refractivity contribution in [1.29, 1.82) is 0 Å². The van der Waals surface area contributed by atoms with Crippen molar-refractivity contribution < 1.29 is 24.6 Å². The van der Waals surface area contributed by atoms with E-state index < -0.39 is 11.4 Å². The first kappa shape index (κ1) is 21.0. The summed E-state index contributed by atoms with van der Waals surface area (Å²) in [7, 11) is 0. The van der Waals surface area contributed by atoms with Crippen molar-refractivity contribution in [3.63, 3.8) is 0 Å². The fourth-order valence-corrected chi connectivity index (χ4v) is 8.13. The molecule has 29 heavy (non-hydrogen) atoms. The summed E-state index contributed by atoms with van der Waals surface area (Å²) in [6.45, 7) is 6.44. The van der Waals surface area contributed by atoms with Crippen LogP contribution in [0.3, 0.4) is 0 Å². The van der Waals surface area contributed by atoms with Gasteiger partial charge in [-0.1, -0.05) is 20.8 Å². The summed E-state index contributed by atoms with van der Waals surface area (Å²) < 4.78 is 0. The average Bonchev–Trinajstić information content (AvgIpc) is 3.01. The number of carboxylic acid groups (broad SMARTS) is 1. The molecule has 0 saturated heterocycles. The third-order valence-electron chi connectivity index (χ3n) is 9.87. The van der Waals surface area contributed by atoms with Gasteiger partial charge in [-0.25, -0.2) is 0 Å². The van der Waals surface area contributed by atoms with Crippen LogP contribution in [-0.2, 0) is 14.4 Å². The van der Waals surface area contributed by atoms with Crippen LogP contribution in [0.5, 0.6) is 0 Å². The molecule has 0 aromatic rings. The zero-order chi connectivity index (χ0) is 21.1. The average molecular weight is 405 g/mol. The molecule has 0 spiro atoms. The van der Waals surface area contributed by atoms with E-state index in [0.29, 0.717) is 37.2 Å². The molecule has 0 aromatic heterocycles. The Labute approximate surface area is 173 Å². The van der Waals surface area contributed by atoms with Gasteiger partial charge in [-0.3, -0.25) is 14.4 Å². The van der Waals surface area contributed by atoms with Crippen molar-refractivity contribution in [3.05, 3.63) is 0 Å². The molecule has 4 aliphatic carbocycles. The molecule has 2 N–H and O–H groups in total. The van der Waals surface area contributed by atoms with Crippen LogP contribution in [0.25, 0.3) is 0 Å². The summed E-state index contributed by atoms with van der Waals surface area (Å²) in [5, 5.41) is 19.2. The molecule has 0 bridgehead atoms. The number of rotatable bonds is 4. The lowest BCUT2D eigenvalue weighted by atomic mass is 9.43. The molecule has 9 atom stereocenters. The van der Waals surface area contributed by atoms with Crippen molar-refractivity contribution in [1.82, 2.24) is 0 Å². The molecule has 0 radical (unpaired) electrons. The third-order valence-corrected chi connectivity index (χ3v) is 9.87. The highest BCUT2D eigenvalue weighted by Crippen LogP contribution is 2.66. The van der Waals surface area contributed by atoms with Crippen LogP contribution >= 0.6 is 0 Å². The molecule has 0 amide bonds. The second-order valence-electron chi connectivity index (χ2n) is 11.0. The highest BCUT2D eigenvalue weighted by molar-refractivity contribution is 5.92. The van der Waals surface area contributed by atoms with E-state index in [9.17, 15) is 19.5 Å². The highest BCUT2D eigenvalue weighted by atomic mass is 16.4. The van der Waals surface area contributed by atoms with Gasteiger partial charge in [0.15, 0.2) is 0 Å². The molecule has 5 heteroatoms. The van der Waals surface area contributed by atoms with Gasteiger partial charge in [0, 0.05) is 30.6 Å². The molecular weight excluding hydrogens is 368 g/mol. The Morgan fingerprint density at radius 3 is 2.55 bits per heavy atom. The van der Waals surface area contributed by atoms with Crippen LogP contribution in [0.1, 0.15) is 78.6 Å². The number of carbonyl (C=O) groups is 3. The molecule has 4 fully saturated rings. The van der Waals surface area contributed by atoms with Gasteiger partial charge in [0.25, 0.3) is 0 Å². The number of carbonyl (C=O) groups excluding carboxylic acids is 2. The van der Waals surface area contributed by atoms with Gasteiger partial charge in [-0.15, -0.1) is 0 Å². The number of ketones is 2. The van der Waals surface area contributed by atoms with E-state index in [1.165, 1.54) is 0 Å². The van der Waals surface area contributed by atoms with Gasteiger partial charge >= 0.3 is 5.97 Å². The molecule has 0 aliphatic heterocycles. The fourth-order valence-electron chi connectivity index (χ4n) is 8.13. The minimum absolute atomic E-state index is 0.0260. The maximum atomic E-state index is 13.6. The molecule has 0 unspecified atom stereocenters. The fraction of sp³-hybridized carbons (Fsp3) is 0.875. The zero-order valence-corrected chi connectivity index (χ0v) is 18.0. The molecule has 0 heterocycles.